The van der Waals surface area contributed by atoms with Crippen LogP contribution in [0.25, 0.3) is 0 Å². The SMILES string of the molecule is CCOC(=O)CN(CC(=O)N(C)c1ccc([N+](=O)[O-])cc1)Cc1ccccc1. The first-order valence-electron chi connectivity index (χ1n) is 8.83. The predicted molar refractivity (Wildman–Crippen MR) is 105 cm³/mol. The summed E-state index contributed by atoms with van der Waals surface area (Å²) in [5, 5.41) is 10.8. The van der Waals surface area contributed by atoms with E-state index in [1.54, 1.807) is 18.9 Å². The summed E-state index contributed by atoms with van der Waals surface area (Å²) in [6.07, 6.45) is 0. The molecule has 0 aliphatic heterocycles. The van der Waals surface area contributed by atoms with E-state index in [-0.39, 0.29) is 31.3 Å². The molecule has 0 radical (unpaired) electrons. The molecule has 2 aromatic rings. The average molecular weight is 385 g/mol. The summed E-state index contributed by atoms with van der Waals surface area (Å²) in [4.78, 5) is 38.0. The van der Waals surface area contributed by atoms with Crippen LogP contribution < -0.4 is 4.90 Å². The summed E-state index contributed by atoms with van der Waals surface area (Å²) in [5.41, 5.74) is 1.46. The second-order valence-electron chi connectivity index (χ2n) is 6.16. The number of hydrogen-bond acceptors (Lipinski definition) is 6. The molecule has 0 aliphatic rings. The molecule has 2 aromatic carbocycles. The first kappa shape index (κ1) is 21.0. The van der Waals surface area contributed by atoms with Gasteiger partial charge in [0.25, 0.3) is 5.69 Å². The standard InChI is InChI=1S/C20H23N3O5/c1-3-28-20(25)15-22(13-16-7-5-4-6-8-16)14-19(24)21(2)17-9-11-18(12-10-17)23(26)27/h4-12H,3,13-15H2,1-2H3. The Balaban J connectivity index is 2.08. The van der Waals surface area contributed by atoms with Gasteiger partial charge in [0, 0.05) is 31.4 Å². The monoisotopic (exact) mass is 385 g/mol. The third-order valence-corrected chi connectivity index (χ3v) is 4.09. The van der Waals surface area contributed by atoms with E-state index in [0.29, 0.717) is 12.2 Å². The summed E-state index contributed by atoms with van der Waals surface area (Å²) < 4.78 is 5.00. The Morgan fingerprint density at radius 1 is 1.04 bits per heavy atom. The van der Waals surface area contributed by atoms with Crippen LogP contribution in [0.3, 0.4) is 0 Å². The maximum absolute atomic E-state index is 12.7. The van der Waals surface area contributed by atoms with Gasteiger partial charge in [0.1, 0.15) is 0 Å². The number of nitrogens with zero attached hydrogens (tertiary/aromatic N) is 3. The Bertz CT molecular complexity index is 808. The van der Waals surface area contributed by atoms with Crippen LogP contribution in [0.1, 0.15) is 12.5 Å². The highest BCUT2D eigenvalue weighted by molar-refractivity contribution is 5.94. The molecule has 0 spiro atoms. The van der Waals surface area contributed by atoms with Crippen molar-refractivity contribution in [2.24, 2.45) is 0 Å². The molecule has 8 nitrogen and oxygen atoms in total. The van der Waals surface area contributed by atoms with Crippen LogP contribution in [0, 0.1) is 10.1 Å². The zero-order valence-corrected chi connectivity index (χ0v) is 15.9. The van der Waals surface area contributed by atoms with Crippen LogP contribution in [-0.2, 0) is 20.9 Å². The molecule has 0 saturated carbocycles. The highest BCUT2D eigenvalue weighted by atomic mass is 16.6. The van der Waals surface area contributed by atoms with E-state index in [0.717, 1.165) is 5.56 Å². The Labute approximate surface area is 163 Å². The molecular weight excluding hydrogens is 362 g/mol. The van der Waals surface area contributed by atoms with E-state index in [9.17, 15) is 19.7 Å². The number of hydrogen-bond donors (Lipinski definition) is 0. The molecule has 0 fully saturated rings. The third-order valence-electron chi connectivity index (χ3n) is 4.09. The van der Waals surface area contributed by atoms with Gasteiger partial charge in [-0.1, -0.05) is 30.3 Å². The van der Waals surface area contributed by atoms with Crippen molar-refractivity contribution < 1.29 is 19.2 Å². The van der Waals surface area contributed by atoms with Crippen molar-refractivity contribution in [1.29, 1.82) is 0 Å². The second-order valence-corrected chi connectivity index (χ2v) is 6.16. The maximum Gasteiger partial charge on any atom is 0.320 e. The first-order valence-corrected chi connectivity index (χ1v) is 8.83. The minimum atomic E-state index is -0.494. The van der Waals surface area contributed by atoms with Crippen molar-refractivity contribution in [2.45, 2.75) is 13.5 Å². The lowest BCUT2D eigenvalue weighted by Crippen LogP contribution is -2.40. The molecule has 0 heterocycles. The largest absolute Gasteiger partial charge is 0.465 e. The molecule has 0 aromatic heterocycles. The minimum absolute atomic E-state index is 0.00119. The molecule has 0 unspecified atom stereocenters. The molecule has 2 rings (SSSR count). The number of carbonyl (C=O) groups is 2. The fraction of sp³-hybridized carbons (Fsp3) is 0.300. The lowest BCUT2D eigenvalue weighted by molar-refractivity contribution is -0.384. The second kappa shape index (κ2) is 10.2. The number of non-ortho nitro benzene ring substituents is 1. The number of anilines is 1. The fourth-order valence-corrected chi connectivity index (χ4v) is 2.64. The maximum atomic E-state index is 12.7. The van der Waals surface area contributed by atoms with Crippen molar-refractivity contribution in [3.05, 3.63) is 70.3 Å². The smallest absolute Gasteiger partial charge is 0.320 e. The highest BCUT2D eigenvalue weighted by Crippen LogP contribution is 2.18. The molecule has 28 heavy (non-hydrogen) atoms. The topological polar surface area (TPSA) is 93.0 Å². The van der Waals surface area contributed by atoms with Gasteiger partial charge in [-0.05, 0) is 24.6 Å². The molecular formula is C20H23N3O5. The predicted octanol–water partition coefficient (Wildman–Crippen LogP) is 2.62. The number of esters is 1. The van der Waals surface area contributed by atoms with Crippen LogP contribution in [-0.4, -0.2) is 48.4 Å². The normalized spacial score (nSPS) is 10.5. The number of nitro groups is 1. The Kier molecular flexibility index (Phi) is 7.65. The average Bonchev–Trinajstić information content (AvgIpc) is 2.68. The fourth-order valence-electron chi connectivity index (χ4n) is 2.64. The van der Waals surface area contributed by atoms with Crippen LogP contribution >= 0.6 is 0 Å². The van der Waals surface area contributed by atoms with Gasteiger partial charge < -0.3 is 9.64 Å². The lowest BCUT2D eigenvalue weighted by atomic mass is 10.2. The number of likely N-dealkylation sites (N-methyl/N-ethyl adjacent to an activating group) is 1. The zero-order valence-electron chi connectivity index (χ0n) is 15.9. The van der Waals surface area contributed by atoms with Crippen LogP contribution in [0.2, 0.25) is 0 Å². The number of rotatable bonds is 9. The van der Waals surface area contributed by atoms with Gasteiger partial charge in [-0.3, -0.25) is 24.6 Å². The molecule has 148 valence electrons. The van der Waals surface area contributed by atoms with Crippen molar-refractivity contribution in [3.8, 4) is 0 Å². The van der Waals surface area contributed by atoms with Crippen molar-refractivity contribution in [1.82, 2.24) is 4.90 Å². The van der Waals surface area contributed by atoms with Crippen molar-refractivity contribution in [3.63, 3.8) is 0 Å². The first-order chi connectivity index (χ1) is 13.4. The van der Waals surface area contributed by atoms with Crippen LogP contribution in [0.15, 0.2) is 54.6 Å². The van der Waals surface area contributed by atoms with Gasteiger partial charge in [-0.25, -0.2) is 0 Å². The van der Waals surface area contributed by atoms with Crippen molar-refractivity contribution in [2.75, 3.05) is 31.6 Å². The summed E-state index contributed by atoms with van der Waals surface area (Å²) in [7, 11) is 1.59. The molecule has 0 aliphatic carbocycles. The molecule has 8 heteroatoms. The Morgan fingerprint density at radius 2 is 1.68 bits per heavy atom. The lowest BCUT2D eigenvalue weighted by Gasteiger charge is -2.24. The van der Waals surface area contributed by atoms with E-state index in [2.05, 4.69) is 0 Å². The number of nitro benzene ring substituents is 1. The molecule has 1 amide bonds. The Hall–Kier alpha value is -3.26. The van der Waals surface area contributed by atoms with Gasteiger partial charge in [-0.15, -0.1) is 0 Å². The Morgan fingerprint density at radius 3 is 2.25 bits per heavy atom. The highest BCUT2D eigenvalue weighted by Gasteiger charge is 2.19. The van der Waals surface area contributed by atoms with Gasteiger partial charge in [0.15, 0.2) is 0 Å². The quantitative estimate of drug-likeness (QED) is 0.374. The summed E-state index contributed by atoms with van der Waals surface area (Å²) in [6, 6.07) is 15.2. The summed E-state index contributed by atoms with van der Waals surface area (Å²) in [6.45, 7) is 2.41. The number of carbonyl (C=O) groups excluding carboxylic acids is 2. The zero-order chi connectivity index (χ0) is 20.5. The van der Waals surface area contributed by atoms with Crippen LogP contribution in [0.4, 0.5) is 11.4 Å². The minimum Gasteiger partial charge on any atom is -0.465 e. The molecule has 0 N–H and O–H groups in total. The van der Waals surface area contributed by atoms with Gasteiger partial charge >= 0.3 is 5.97 Å². The van der Waals surface area contributed by atoms with E-state index in [1.165, 1.54) is 29.2 Å². The third kappa shape index (κ3) is 6.17. The van der Waals surface area contributed by atoms with E-state index in [1.807, 2.05) is 30.3 Å². The van der Waals surface area contributed by atoms with Crippen LogP contribution in [0.5, 0.6) is 0 Å². The van der Waals surface area contributed by atoms with Gasteiger partial charge in [0.2, 0.25) is 5.91 Å². The number of ether oxygens (including phenoxy) is 1. The molecule has 0 atom stereocenters. The van der Waals surface area contributed by atoms with Gasteiger partial charge in [0.05, 0.1) is 24.6 Å². The molecule has 0 bridgehead atoms. The molecule has 0 saturated heterocycles. The number of benzene rings is 2. The number of amides is 1. The van der Waals surface area contributed by atoms with Crippen molar-refractivity contribution >= 4 is 23.3 Å². The summed E-state index contributed by atoms with van der Waals surface area (Å²) in [5.74, 6) is -0.640. The van der Waals surface area contributed by atoms with E-state index < -0.39 is 10.9 Å². The van der Waals surface area contributed by atoms with Gasteiger partial charge in [-0.2, -0.15) is 0 Å². The van der Waals surface area contributed by atoms with E-state index in [4.69, 9.17) is 4.74 Å². The summed E-state index contributed by atoms with van der Waals surface area (Å²) >= 11 is 0. The van der Waals surface area contributed by atoms with E-state index >= 15 is 0 Å².